The topological polar surface area (TPSA) is 44.6 Å². The van der Waals surface area contributed by atoms with Gasteiger partial charge in [0.15, 0.2) is 0 Å². The average molecular weight is 385 g/mol. The molecule has 4 rings (SSSR count). The minimum atomic E-state index is -0.248. The number of carbonyl (C=O) groups excluding carboxylic acids is 1. The lowest BCUT2D eigenvalue weighted by atomic mass is 9.89. The second-order valence-electron chi connectivity index (χ2n) is 8.23. The van der Waals surface area contributed by atoms with E-state index in [1.807, 2.05) is 34.8 Å². The molecule has 28 heavy (non-hydrogen) atoms. The molecule has 0 saturated carbocycles. The van der Waals surface area contributed by atoms with Crippen LogP contribution in [0.1, 0.15) is 17.3 Å². The Morgan fingerprint density at radius 2 is 2.04 bits per heavy atom. The summed E-state index contributed by atoms with van der Waals surface area (Å²) in [5.41, 5.74) is 1.93. The van der Waals surface area contributed by atoms with E-state index in [9.17, 15) is 9.18 Å². The van der Waals surface area contributed by atoms with Crippen molar-refractivity contribution in [2.24, 2.45) is 11.8 Å². The highest BCUT2D eigenvalue weighted by atomic mass is 19.1. The first-order chi connectivity index (χ1) is 13.4. The molecule has 0 unspecified atom stereocenters. The minimum Gasteiger partial charge on any atom is -0.331 e. The number of carbonyl (C=O) groups is 1. The number of hydrogen-bond acceptors (Lipinski definition) is 3. The highest BCUT2D eigenvalue weighted by molar-refractivity contribution is 5.75. The molecule has 0 radical (unpaired) electrons. The normalized spacial score (nSPS) is 24.6. The number of aryl methyl sites for hydroxylation is 1. The van der Waals surface area contributed by atoms with E-state index in [-0.39, 0.29) is 17.9 Å². The fourth-order valence-corrected chi connectivity index (χ4v) is 4.72. The van der Waals surface area contributed by atoms with E-state index < -0.39 is 0 Å². The van der Waals surface area contributed by atoms with Gasteiger partial charge in [-0.1, -0.05) is 12.1 Å². The van der Waals surface area contributed by atoms with Gasteiger partial charge in [-0.05, 0) is 36.6 Å². The van der Waals surface area contributed by atoms with Crippen molar-refractivity contribution >= 4 is 6.03 Å². The number of nitrogens with zero attached hydrogens (tertiary/aromatic N) is 5. The summed E-state index contributed by atoms with van der Waals surface area (Å²) in [6.45, 7) is 6.40. The zero-order valence-corrected chi connectivity index (χ0v) is 16.8. The van der Waals surface area contributed by atoms with E-state index in [2.05, 4.69) is 10.00 Å². The van der Waals surface area contributed by atoms with Crippen molar-refractivity contribution < 1.29 is 9.18 Å². The number of hydrogen-bond donors (Lipinski definition) is 0. The molecule has 2 saturated heterocycles. The molecular formula is C21H28FN5O. The van der Waals surface area contributed by atoms with Crippen LogP contribution in [0.25, 0.3) is 0 Å². The maximum absolute atomic E-state index is 13.9. The van der Waals surface area contributed by atoms with Crippen LogP contribution < -0.4 is 0 Å². The summed E-state index contributed by atoms with van der Waals surface area (Å²) in [6, 6.07) is 8.67. The Bertz CT molecular complexity index is 851. The van der Waals surface area contributed by atoms with Gasteiger partial charge in [0.1, 0.15) is 5.82 Å². The molecule has 1 aromatic heterocycles. The molecule has 3 heterocycles. The average Bonchev–Trinajstić information content (AvgIpc) is 3.32. The maximum Gasteiger partial charge on any atom is 0.320 e. The van der Waals surface area contributed by atoms with Crippen LogP contribution in [0, 0.1) is 24.6 Å². The lowest BCUT2D eigenvalue weighted by Gasteiger charge is -2.32. The standard InChI is InChI=1S/C21H28FN5O/c1-15-7-8-26(23-15)10-9-25-12-17-13-27(21(28)24(2)3)20(19(17)14-25)16-5-4-6-18(22)11-16/h4-8,11,17,19-20H,9-10,12-14H2,1-3H3/t17-,19-,20-/m1/s1. The van der Waals surface area contributed by atoms with Gasteiger partial charge in [-0.25, -0.2) is 9.18 Å². The predicted molar refractivity (Wildman–Crippen MR) is 105 cm³/mol. The molecule has 0 N–H and O–H groups in total. The molecule has 0 spiro atoms. The quantitative estimate of drug-likeness (QED) is 0.813. The monoisotopic (exact) mass is 385 g/mol. The second-order valence-corrected chi connectivity index (χ2v) is 8.23. The molecular weight excluding hydrogens is 357 g/mol. The Kier molecular flexibility index (Phi) is 5.10. The number of amides is 2. The van der Waals surface area contributed by atoms with E-state index in [1.54, 1.807) is 31.1 Å². The summed E-state index contributed by atoms with van der Waals surface area (Å²) in [4.78, 5) is 18.8. The van der Waals surface area contributed by atoms with Crippen molar-refractivity contribution in [2.75, 3.05) is 40.3 Å². The largest absolute Gasteiger partial charge is 0.331 e. The predicted octanol–water partition coefficient (Wildman–Crippen LogP) is 2.62. The first-order valence-electron chi connectivity index (χ1n) is 9.88. The third kappa shape index (κ3) is 3.63. The molecule has 2 amide bonds. The van der Waals surface area contributed by atoms with Crippen molar-refractivity contribution in [1.29, 1.82) is 0 Å². The zero-order chi connectivity index (χ0) is 19.8. The summed E-state index contributed by atoms with van der Waals surface area (Å²) >= 11 is 0. The number of benzene rings is 1. The van der Waals surface area contributed by atoms with Gasteiger partial charge in [0.25, 0.3) is 0 Å². The van der Waals surface area contributed by atoms with Gasteiger partial charge in [-0.3, -0.25) is 4.68 Å². The van der Waals surface area contributed by atoms with Crippen LogP contribution in [-0.2, 0) is 6.54 Å². The van der Waals surface area contributed by atoms with Crippen molar-refractivity contribution in [3.63, 3.8) is 0 Å². The summed E-state index contributed by atoms with van der Waals surface area (Å²) in [7, 11) is 3.55. The SMILES string of the molecule is Cc1ccn(CCN2C[C@@H]3CN(C(=O)N(C)C)[C@H](c4cccc(F)c4)[C@@H]3C2)n1. The second kappa shape index (κ2) is 7.54. The Hall–Kier alpha value is -2.41. The van der Waals surface area contributed by atoms with Crippen LogP contribution in [0.2, 0.25) is 0 Å². The third-order valence-electron chi connectivity index (χ3n) is 5.98. The number of aromatic nitrogens is 2. The van der Waals surface area contributed by atoms with E-state index in [1.165, 1.54) is 6.07 Å². The van der Waals surface area contributed by atoms with E-state index >= 15 is 0 Å². The molecule has 0 bridgehead atoms. The Balaban J connectivity index is 1.51. The summed E-state index contributed by atoms with van der Waals surface area (Å²) in [5.74, 6) is 0.490. The van der Waals surface area contributed by atoms with Gasteiger partial charge >= 0.3 is 6.03 Å². The molecule has 6 nitrogen and oxygen atoms in total. The van der Waals surface area contributed by atoms with Gasteiger partial charge in [0.2, 0.25) is 0 Å². The zero-order valence-electron chi connectivity index (χ0n) is 16.8. The van der Waals surface area contributed by atoms with Gasteiger partial charge < -0.3 is 14.7 Å². The Labute approximate surface area is 165 Å². The van der Waals surface area contributed by atoms with E-state index in [0.29, 0.717) is 11.8 Å². The van der Waals surface area contributed by atoms with Crippen molar-refractivity contribution in [1.82, 2.24) is 24.5 Å². The van der Waals surface area contributed by atoms with Crippen molar-refractivity contribution in [3.8, 4) is 0 Å². The lowest BCUT2D eigenvalue weighted by molar-refractivity contribution is 0.151. The number of fused-ring (bicyclic) bond motifs is 1. The first-order valence-corrected chi connectivity index (χ1v) is 9.88. The lowest BCUT2D eigenvalue weighted by Crippen LogP contribution is -2.41. The third-order valence-corrected chi connectivity index (χ3v) is 5.98. The Morgan fingerprint density at radius 1 is 1.21 bits per heavy atom. The molecule has 2 aliphatic rings. The molecule has 150 valence electrons. The highest BCUT2D eigenvalue weighted by Gasteiger charge is 2.49. The van der Waals surface area contributed by atoms with E-state index in [0.717, 1.165) is 44.0 Å². The highest BCUT2D eigenvalue weighted by Crippen LogP contribution is 2.45. The van der Waals surface area contributed by atoms with Gasteiger partial charge in [-0.2, -0.15) is 5.10 Å². The van der Waals surface area contributed by atoms with Gasteiger partial charge in [0, 0.05) is 52.4 Å². The number of rotatable bonds is 4. The van der Waals surface area contributed by atoms with Crippen LogP contribution in [0.4, 0.5) is 9.18 Å². The summed E-state index contributed by atoms with van der Waals surface area (Å²) in [6.07, 6.45) is 2.01. The van der Waals surface area contributed by atoms with Crippen LogP contribution >= 0.6 is 0 Å². The van der Waals surface area contributed by atoms with Crippen molar-refractivity contribution in [3.05, 3.63) is 53.6 Å². The minimum absolute atomic E-state index is 0.00206. The van der Waals surface area contributed by atoms with Crippen LogP contribution in [-0.4, -0.2) is 70.8 Å². The number of halogens is 1. The Morgan fingerprint density at radius 3 is 2.71 bits per heavy atom. The molecule has 3 atom stereocenters. The van der Waals surface area contributed by atoms with Gasteiger partial charge in [-0.15, -0.1) is 0 Å². The number of likely N-dealkylation sites (tertiary alicyclic amines) is 2. The molecule has 2 aliphatic heterocycles. The van der Waals surface area contributed by atoms with Crippen LogP contribution in [0.5, 0.6) is 0 Å². The van der Waals surface area contributed by atoms with Crippen LogP contribution in [0.3, 0.4) is 0 Å². The van der Waals surface area contributed by atoms with Gasteiger partial charge in [0.05, 0.1) is 18.3 Å². The molecule has 2 fully saturated rings. The molecule has 2 aromatic rings. The molecule has 1 aromatic carbocycles. The fourth-order valence-electron chi connectivity index (χ4n) is 4.72. The molecule has 7 heteroatoms. The maximum atomic E-state index is 13.9. The first kappa shape index (κ1) is 18.9. The number of urea groups is 1. The van der Waals surface area contributed by atoms with Crippen molar-refractivity contribution in [2.45, 2.75) is 19.5 Å². The smallest absolute Gasteiger partial charge is 0.320 e. The fraction of sp³-hybridized carbons (Fsp3) is 0.524. The van der Waals surface area contributed by atoms with Crippen LogP contribution in [0.15, 0.2) is 36.5 Å². The van der Waals surface area contributed by atoms with E-state index in [4.69, 9.17) is 0 Å². The summed E-state index contributed by atoms with van der Waals surface area (Å²) in [5, 5.41) is 4.46. The molecule has 0 aliphatic carbocycles. The summed E-state index contributed by atoms with van der Waals surface area (Å²) < 4.78 is 15.9.